The predicted molar refractivity (Wildman–Crippen MR) is 80.3 cm³/mol. The van der Waals surface area contributed by atoms with E-state index in [0.29, 0.717) is 0 Å². The second-order valence-electron chi connectivity index (χ2n) is 4.32. The van der Waals surface area contributed by atoms with Gasteiger partial charge in [-0.3, -0.25) is 4.79 Å². The van der Waals surface area contributed by atoms with Gasteiger partial charge in [0.25, 0.3) is 0 Å². The van der Waals surface area contributed by atoms with Crippen LogP contribution in [0.3, 0.4) is 0 Å². The van der Waals surface area contributed by atoms with Gasteiger partial charge in [-0.05, 0) is 35.9 Å². The first kappa shape index (κ1) is 14.0. The van der Waals surface area contributed by atoms with Gasteiger partial charge in [0, 0.05) is 15.8 Å². The van der Waals surface area contributed by atoms with Crippen molar-refractivity contribution in [2.24, 2.45) is 0 Å². The van der Waals surface area contributed by atoms with E-state index < -0.39 is 5.60 Å². The van der Waals surface area contributed by atoms with Crippen molar-refractivity contribution in [3.05, 3.63) is 50.9 Å². The lowest BCUT2D eigenvalue weighted by Gasteiger charge is -2.21. The average molecular weight is 293 g/mol. The molecule has 2 rings (SSSR count). The Kier molecular flexibility index (Phi) is 4.52. The van der Waals surface area contributed by atoms with Gasteiger partial charge in [-0.25, -0.2) is 0 Å². The largest absolute Gasteiger partial charge is 0.383 e. The molecule has 0 aliphatic heterocycles. The Morgan fingerprint density at radius 1 is 1.37 bits per heavy atom. The summed E-state index contributed by atoms with van der Waals surface area (Å²) >= 11 is 3.05. The highest BCUT2D eigenvalue weighted by atomic mass is 32.1. The molecule has 2 aromatic heterocycles. The zero-order valence-electron chi connectivity index (χ0n) is 10.5. The van der Waals surface area contributed by atoms with Gasteiger partial charge in [0.1, 0.15) is 5.60 Å². The molecule has 2 N–H and O–H groups in total. The van der Waals surface area contributed by atoms with E-state index in [9.17, 15) is 9.90 Å². The van der Waals surface area contributed by atoms with Crippen LogP contribution in [0.15, 0.2) is 41.1 Å². The Labute approximate surface area is 120 Å². The monoisotopic (exact) mass is 293 g/mol. The standard InChI is InChI=1S/C14H15NO2S2/c1-14(17,12-5-3-9-19-12)10-15-13(16)7-6-11-4-2-8-18-11/h2-9,17H,10H2,1H3,(H,15,16)/b7-6+/t14-/m0/s1. The quantitative estimate of drug-likeness (QED) is 0.833. The summed E-state index contributed by atoms with van der Waals surface area (Å²) in [6.45, 7) is 1.89. The molecule has 0 spiro atoms. The molecule has 0 saturated carbocycles. The van der Waals surface area contributed by atoms with Gasteiger partial charge in [-0.2, -0.15) is 0 Å². The van der Waals surface area contributed by atoms with Crippen molar-refractivity contribution in [2.45, 2.75) is 12.5 Å². The lowest BCUT2D eigenvalue weighted by molar-refractivity contribution is -0.117. The maximum atomic E-state index is 11.7. The van der Waals surface area contributed by atoms with Gasteiger partial charge in [-0.15, -0.1) is 22.7 Å². The summed E-state index contributed by atoms with van der Waals surface area (Å²) in [7, 11) is 0. The second kappa shape index (κ2) is 6.14. The highest BCUT2D eigenvalue weighted by molar-refractivity contribution is 7.10. The maximum Gasteiger partial charge on any atom is 0.244 e. The van der Waals surface area contributed by atoms with Crippen LogP contribution in [0.5, 0.6) is 0 Å². The van der Waals surface area contributed by atoms with E-state index in [2.05, 4.69) is 5.32 Å². The maximum absolute atomic E-state index is 11.7. The van der Waals surface area contributed by atoms with Gasteiger partial charge < -0.3 is 10.4 Å². The molecule has 1 amide bonds. The molecule has 3 nitrogen and oxygen atoms in total. The first-order valence-electron chi connectivity index (χ1n) is 5.84. The van der Waals surface area contributed by atoms with Crippen molar-refractivity contribution >= 4 is 34.7 Å². The van der Waals surface area contributed by atoms with Crippen LogP contribution in [0.1, 0.15) is 16.7 Å². The van der Waals surface area contributed by atoms with Gasteiger partial charge in [0.2, 0.25) is 5.91 Å². The molecule has 1 atom stereocenters. The van der Waals surface area contributed by atoms with Gasteiger partial charge in [0.05, 0.1) is 6.54 Å². The van der Waals surface area contributed by atoms with Crippen LogP contribution in [-0.4, -0.2) is 17.6 Å². The van der Waals surface area contributed by atoms with E-state index in [4.69, 9.17) is 0 Å². The van der Waals surface area contributed by atoms with Gasteiger partial charge in [-0.1, -0.05) is 12.1 Å². The zero-order valence-corrected chi connectivity index (χ0v) is 12.1. The van der Waals surface area contributed by atoms with Crippen LogP contribution in [0.25, 0.3) is 6.08 Å². The fourth-order valence-electron chi connectivity index (χ4n) is 1.53. The molecular formula is C14H15NO2S2. The number of carbonyl (C=O) groups is 1. The van der Waals surface area contributed by atoms with Gasteiger partial charge >= 0.3 is 0 Å². The van der Waals surface area contributed by atoms with Gasteiger partial charge in [0.15, 0.2) is 0 Å². The summed E-state index contributed by atoms with van der Waals surface area (Å²) in [5, 5.41) is 16.8. The van der Waals surface area contributed by atoms with Crippen molar-refractivity contribution < 1.29 is 9.90 Å². The number of aliphatic hydroxyl groups is 1. The third-order valence-electron chi connectivity index (χ3n) is 2.60. The van der Waals surface area contributed by atoms with Crippen LogP contribution >= 0.6 is 22.7 Å². The SMILES string of the molecule is C[C@](O)(CNC(=O)/C=C/c1cccs1)c1cccs1. The lowest BCUT2D eigenvalue weighted by Crippen LogP contribution is -2.37. The number of carbonyl (C=O) groups excluding carboxylic acids is 1. The van der Waals surface area contributed by atoms with E-state index in [-0.39, 0.29) is 12.5 Å². The van der Waals surface area contributed by atoms with Crippen LogP contribution in [-0.2, 0) is 10.4 Å². The fraction of sp³-hybridized carbons (Fsp3) is 0.214. The molecule has 2 aromatic rings. The Balaban J connectivity index is 1.87. The number of hydrogen-bond donors (Lipinski definition) is 2. The Morgan fingerprint density at radius 3 is 2.74 bits per heavy atom. The Morgan fingerprint density at radius 2 is 2.11 bits per heavy atom. The molecule has 0 radical (unpaired) electrons. The number of rotatable bonds is 5. The molecule has 0 bridgehead atoms. The molecule has 0 aliphatic rings. The summed E-state index contributed by atoms with van der Waals surface area (Å²) in [6, 6.07) is 7.62. The van der Waals surface area contributed by atoms with Crippen molar-refractivity contribution in [2.75, 3.05) is 6.54 Å². The number of hydrogen-bond acceptors (Lipinski definition) is 4. The van der Waals surface area contributed by atoms with Crippen molar-refractivity contribution in [3.8, 4) is 0 Å². The first-order chi connectivity index (χ1) is 9.08. The molecule has 5 heteroatoms. The summed E-state index contributed by atoms with van der Waals surface area (Å²) in [6.07, 6.45) is 3.25. The molecule has 100 valence electrons. The molecule has 2 heterocycles. The number of amides is 1. The third-order valence-corrected chi connectivity index (χ3v) is 4.56. The van der Waals surface area contributed by atoms with E-state index in [1.54, 1.807) is 24.3 Å². The summed E-state index contributed by atoms with van der Waals surface area (Å²) < 4.78 is 0. The van der Waals surface area contributed by atoms with E-state index in [1.807, 2.05) is 35.0 Å². The highest BCUT2D eigenvalue weighted by Gasteiger charge is 2.24. The van der Waals surface area contributed by atoms with Crippen LogP contribution in [0, 0.1) is 0 Å². The van der Waals surface area contributed by atoms with Crippen LogP contribution in [0.4, 0.5) is 0 Å². The van der Waals surface area contributed by atoms with E-state index in [1.165, 1.54) is 17.4 Å². The molecule has 0 aliphatic carbocycles. The smallest absolute Gasteiger partial charge is 0.244 e. The van der Waals surface area contributed by atoms with E-state index in [0.717, 1.165) is 9.75 Å². The van der Waals surface area contributed by atoms with Crippen molar-refractivity contribution in [3.63, 3.8) is 0 Å². The fourth-order valence-corrected chi connectivity index (χ4v) is 2.94. The normalized spacial score (nSPS) is 14.4. The lowest BCUT2D eigenvalue weighted by atomic mass is 10.1. The van der Waals surface area contributed by atoms with Crippen LogP contribution < -0.4 is 5.32 Å². The molecular weight excluding hydrogens is 278 g/mol. The zero-order chi connectivity index (χ0) is 13.7. The minimum atomic E-state index is -1.03. The molecule has 0 fully saturated rings. The third kappa shape index (κ3) is 4.02. The van der Waals surface area contributed by atoms with Crippen molar-refractivity contribution in [1.29, 1.82) is 0 Å². The minimum Gasteiger partial charge on any atom is -0.383 e. The Hall–Kier alpha value is -1.43. The number of nitrogens with one attached hydrogen (secondary N) is 1. The Bertz CT molecular complexity index is 542. The second-order valence-corrected chi connectivity index (χ2v) is 6.24. The predicted octanol–water partition coefficient (Wildman–Crippen LogP) is 2.85. The average Bonchev–Trinajstić information content (AvgIpc) is 3.06. The topological polar surface area (TPSA) is 49.3 Å². The van der Waals surface area contributed by atoms with Crippen molar-refractivity contribution in [1.82, 2.24) is 5.32 Å². The summed E-state index contributed by atoms with van der Waals surface area (Å²) in [5.74, 6) is -0.203. The van der Waals surface area contributed by atoms with E-state index >= 15 is 0 Å². The summed E-state index contributed by atoms with van der Waals surface area (Å²) in [5.41, 5.74) is -1.03. The summed E-state index contributed by atoms with van der Waals surface area (Å²) in [4.78, 5) is 13.5. The van der Waals surface area contributed by atoms with Crippen LogP contribution in [0.2, 0.25) is 0 Å². The molecule has 0 unspecified atom stereocenters. The first-order valence-corrected chi connectivity index (χ1v) is 7.60. The molecule has 19 heavy (non-hydrogen) atoms. The molecule has 0 saturated heterocycles. The molecule has 0 aromatic carbocycles. The minimum absolute atomic E-state index is 0.196. The highest BCUT2D eigenvalue weighted by Crippen LogP contribution is 2.24. The number of thiophene rings is 2.